The van der Waals surface area contributed by atoms with E-state index in [-0.39, 0.29) is 12.6 Å². The summed E-state index contributed by atoms with van der Waals surface area (Å²) in [5.41, 5.74) is 5.75. The molecule has 0 spiro atoms. The molecule has 1 fully saturated rings. The Morgan fingerprint density at radius 2 is 1.95 bits per heavy atom. The van der Waals surface area contributed by atoms with Crippen molar-refractivity contribution in [2.24, 2.45) is 0 Å². The fourth-order valence-electron chi connectivity index (χ4n) is 2.24. The van der Waals surface area contributed by atoms with E-state index in [1.807, 2.05) is 0 Å². The van der Waals surface area contributed by atoms with Gasteiger partial charge in [0.05, 0.1) is 13.2 Å². The van der Waals surface area contributed by atoms with Crippen LogP contribution in [0.4, 0.5) is 17.8 Å². The van der Waals surface area contributed by atoms with E-state index < -0.39 is 0 Å². The molecule has 8 nitrogen and oxygen atoms in total. The average Bonchev–Trinajstić information content (AvgIpc) is 2.51. The van der Waals surface area contributed by atoms with Crippen molar-refractivity contribution in [2.75, 3.05) is 55.4 Å². The van der Waals surface area contributed by atoms with Crippen LogP contribution in [0.2, 0.25) is 0 Å². The van der Waals surface area contributed by atoms with Crippen molar-refractivity contribution in [3.8, 4) is 0 Å². The molecule has 1 aliphatic heterocycles. The van der Waals surface area contributed by atoms with Crippen molar-refractivity contribution in [1.82, 2.24) is 15.0 Å². The topological polar surface area (TPSA) is 109 Å². The number of nitrogens with zero attached hydrogens (tertiary/aromatic N) is 4. The van der Waals surface area contributed by atoms with Gasteiger partial charge in [-0.25, -0.2) is 0 Å². The Morgan fingerprint density at radius 3 is 2.71 bits per heavy atom. The largest absolute Gasteiger partial charge is 0.394 e. The number of aliphatic hydroxyl groups is 1. The molecule has 0 amide bonds. The van der Waals surface area contributed by atoms with Crippen molar-refractivity contribution >= 4 is 17.8 Å². The summed E-state index contributed by atoms with van der Waals surface area (Å²) < 4.78 is 5.19. The summed E-state index contributed by atoms with van der Waals surface area (Å²) in [5, 5.41) is 11.7. The average molecular weight is 296 g/mol. The Bertz CT molecular complexity index is 425. The monoisotopic (exact) mass is 296 g/mol. The second-order valence-corrected chi connectivity index (χ2v) is 4.98. The van der Waals surface area contributed by atoms with Gasteiger partial charge in [-0.15, -0.1) is 0 Å². The fourth-order valence-corrected chi connectivity index (χ4v) is 2.24. The van der Waals surface area contributed by atoms with Gasteiger partial charge in [-0.1, -0.05) is 0 Å². The summed E-state index contributed by atoms with van der Waals surface area (Å²) in [6, 6.07) is 0. The summed E-state index contributed by atoms with van der Waals surface area (Å²) in [6.07, 6.45) is 4.40. The van der Waals surface area contributed by atoms with Gasteiger partial charge in [0.1, 0.15) is 0 Å². The molecule has 0 bridgehead atoms. The highest BCUT2D eigenvalue weighted by Gasteiger charge is 2.15. The van der Waals surface area contributed by atoms with Gasteiger partial charge in [-0.05, 0) is 25.7 Å². The number of ether oxygens (including phenoxy) is 1. The van der Waals surface area contributed by atoms with Crippen LogP contribution < -0.4 is 16.0 Å². The van der Waals surface area contributed by atoms with Gasteiger partial charge >= 0.3 is 0 Å². The van der Waals surface area contributed by atoms with Crippen LogP contribution in [0.3, 0.4) is 0 Å². The minimum atomic E-state index is 0.0522. The van der Waals surface area contributed by atoms with Crippen LogP contribution in [0.1, 0.15) is 25.7 Å². The van der Waals surface area contributed by atoms with Crippen LogP contribution >= 0.6 is 0 Å². The molecule has 0 atom stereocenters. The van der Waals surface area contributed by atoms with E-state index in [1.165, 1.54) is 6.42 Å². The van der Waals surface area contributed by atoms with E-state index in [4.69, 9.17) is 15.6 Å². The smallest absolute Gasteiger partial charge is 0.231 e. The summed E-state index contributed by atoms with van der Waals surface area (Å²) in [4.78, 5) is 14.9. The highest BCUT2D eigenvalue weighted by molar-refractivity contribution is 5.42. The maximum absolute atomic E-state index is 8.60. The standard InChI is InChI=1S/C13H24N6O2/c14-11-16-12(15-5-4-9-21-10-8-20)18-13(17-11)19-6-2-1-3-7-19/h20H,1-10H2,(H3,14,15,16,17,18). The van der Waals surface area contributed by atoms with E-state index in [0.717, 1.165) is 32.4 Å². The summed E-state index contributed by atoms with van der Waals surface area (Å²) in [7, 11) is 0. The molecule has 8 heteroatoms. The Morgan fingerprint density at radius 1 is 1.14 bits per heavy atom. The van der Waals surface area contributed by atoms with E-state index in [9.17, 15) is 0 Å². The van der Waals surface area contributed by atoms with Gasteiger partial charge < -0.3 is 25.8 Å². The Hall–Kier alpha value is -1.67. The van der Waals surface area contributed by atoms with Crippen LogP contribution in [0.25, 0.3) is 0 Å². The molecule has 2 heterocycles. The molecular weight excluding hydrogens is 272 g/mol. The molecule has 1 saturated heterocycles. The van der Waals surface area contributed by atoms with Crippen LogP contribution in [-0.2, 0) is 4.74 Å². The highest BCUT2D eigenvalue weighted by atomic mass is 16.5. The SMILES string of the molecule is Nc1nc(NCCCOCCO)nc(N2CCCCC2)n1. The molecule has 2 rings (SSSR count). The highest BCUT2D eigenvalue weighted by Crippen LogP contribution is 2.17. The van der Waals surface area contributed by atoms with Crippen molar-refractivity contribution in [3.05, 3.63) is 0 Å². The van der Waals surface area contributed by atoms with Crippen LogP contribution in [0, 0.1) is 0 Å². The lowest BCUT2D eigenvalue weighted by Crippen LogP contribution is -2.31. The summed E-state index contributed by atoms with van der Waals surface area (Å²) in [5.74, 6) is 1.40. The number of nitrogen functional groups attached to an aromatic ring is 1. The Labute approximate surface area is 124 Å². The zero-order valence-electron chi connectivity index (χ0n) is 12.3. The van der Waals surface area contributed by atoms with Crippen LogP contribution in [0.15, 0.2) is 0 Å². The van der Waals surface area contributed by atoms with Crippen LogP contribution in [0.5, 0.6) is 0 Å². The van der Waals surface area contributed by atoms with Gasteiger partial charge in [-0.3, -0.25) is 0 Å². The normalized spacial score (nSPS) is 15.2. The molecule has 0 radical (unpaired) electrons. The molecule has 1 aromatic heterocycles. The lowest BCUT2D eigenvalue weighted by molar-refractivity contribution is 0.0921. The van der Waals surface area contributed by atoms with Crippen LogP contribution in [-0.4, -0.2) is 59.5 Å². The minimum absolute atomic E-state index is 0.0522. The number of hydrogen-bond donors (Lipinski definition) is 3. The Balaban J connectivity index is 1.83. The summed E-state index contributed by atoms with van der Waals surface area (Å²) in [6.45, 7) is 3.64. The number of piperidine rings is 1. The maximum atomic E-state index is 8.60. The second kappa shape index (κ2) is 8.58. The maximum Gasteiger partial charge on any atom is 0.231 e. The van der Waals surface area contributed by atoms with Gasteiger partial charge in [-0.2, -0.15) is 15.0 Å². The first-order valence-corrected chi connectivity index (χ1v) is 7.48. The predicted molar refractivity (Wildman–Crippen MR) is 81.3 cm³/mol. The van der Waals surface area contributed by atoms with Gasteiger partial charge in [0, 0.05) is 26.2 Å². The van der Waals surface area contributed by atoms with Gasteiger partial charge in [0.15, 0.2) is 0 Å². The number of anilines is 3. The third-order valence-corrected chi connectivity index (χ3v) is 3.26. The number of aliphatic hydroxyl groups excluding tert-OH is 1. The Kier molecular flexibility index (Phi) is 6.42. The molecule has 0 saturated carbocycles. The predicted octanol–water partition coefficient (Wildman–Crippen LogP) is 0.255. The lowest BCUT2D eigenvalue weighted by atomic mass is 10.1. The fraction of sp³-hybridized carbons (Fsp3) is 0.769. The number of nitrogens with one attached hydrogen (secondary N) is 1. The molecular formula is C13H24N6O2. The molecule has 1 aliphatic rings. The van der Waals surface area contributed by atoms with E-state index in [1.54, 1.807) is 0 Å². The number of rotatable bonds is 8. The third-order valence-electron chi connectivity index (χ3n) is 3.26. The van der Waals surface area contributed by atoms with Gasteiger partial charge in [0.2, 0.25) is 17.8 Å². The first-order chi connectivity index (χ1) is 10.3. The molecule has 1 aromatic rings. The minimum Gasteiger partial charge on any atom is -0.394 e. The molecule has 21 heavy (non-hydrogen) atoms. The van der Waals surface area contributed by atoms with Crippen molar-refractivity contribution < 1.29 is 9.84 Å². The van der Waals surface area contributed by atoms with E-state index in [2.05, 4.69) is 25.2 Å². The quantitative estimate of drug-likeness (QED) is 0.586. The third kappa shape index (κ3) is 5.31. The first-order valence-electron chi connectivity index (χ1n) is 7.48. The zero-order valence-corrected chi connectivity index (χ0v) is 12.3. The van der Waals surface area contributed by atoms with Gasteiger partial charge in [0.25, 0.3) is 0 Å². The second-order valence-electron chi connectivity index (χ2n) is 4.98. The lowest BCUT2D eigenvalue weighted by Gasteiger charge is -2.26. The molecule has 0 aromatic carbocycles. The summed E-state index contributed by atoms with van der Waals surface area (Å²) >= 11 is 0. The first kappa shape index (κ1) is 15.7. The molecule has 0 unspecified atom stereocenters. The van der Waals surface area contributed by atoms with Crippen molar-refractivity contribution in [3.63, 3.8) is 0 Å². The zero-order chi connectivity index (χ0) is 14.9. The van der Waals surface area contributed by atoms with E-state index in [0.29, 0.717) is 31.7 Å². The molecule has 4 N–H and O–H groups in total. The molecule has 118 valence electrons. The number of hydrogen-bond acceptors (Lipinski definition) is 8. The van der Waals surface area contributed by atoms with Crippen molar-refractivity contribution in [1.29, 1.82) is 0 Å². The number of aromatic nitrogens is 3. The number of nitrogens with two attached hydrogens (primary N) is 1. The van der Waals surface area contributed by atoms with E-state index >= 15 is 0 Å². The van der Waals surface area contributed by atoms with Crippen molar-refractivity contribution in [2.45, 2.75) is 25.7 Å². The molecule has 0 aliphatic carbocycles.